The van der Waals surface area contributed by atoms with Crippen LogP contribution in [0.15, 0.2) is 67.9 Å². The fraction of sp³-hybridized carbons (Fsp3) is 0.200. The van der Waals surface area contributed by atoms with Crippen molar-refractivity contribution in [3.8, 4) is 17.2 Å². The van der Waals surface area contributed by atoms with E-state index in [0.717, 1.165) is 31.0 Å². The number of para-hydroxylation sites is 1. The molecule has 0 saturated heterocycles. The van der Waals surface area contributed by atoms with Crippen molar-refractivity contribution in [2.24, 2.45) is 0 Å². The van der Waals surface area contributed by atoms with Crippen molar-refractivity contribution in [2.75, 3.05) is 0 Å². The summed E-state index contributed by atoms with van der Waals surface area (Å²) < 4.78 is 9.47. The number of benzene rings is 2. The minimum Gasteiger partial charge on any atom is -0.457 e. The van der Waals surface area contributed by atoms with E-state index in [2.05, 4.69) is 52.2 Å². The molecule has 0 radical (unpaired) electrons. The first-order valence-electron chi connectivity index (χ1n) is 8.86. The Kier molecular flexibility index (Phi) is 5.71. The number of hydrogen-bond acceptors (Lipinski definition) is 7. The van der Waals surface area contributed by atoms with Crippen LogP contribution in [0.5, 0.6) is 11.5 Å². The largest absolute Gasteiger partial charge is 0.457 e. The number of hydrogen-bond donors (Lipinski definition) is 0. The highest BCUT2D eigenvalue weighted by Gasteiger charge is 2.23. The Morgan fingerprint density at radius 2 is 1.69 bits per heavy atom. The molecule has 0 unspecified atom stereocenters. The van der Waals surface area contributed by atoms with Gasteiger partial charge in [0.05, 0.1) is 15.2 Å². The summed E-state index contributed by atoms with van der Waals surface area (Å²) in [4.78, 5) is 4.76. The lowest BCUT2D eigenvalue weighted by molar-refractivity contribution is 0.482. The second-order valence-electron chi connectivity index (χ2n) is 7.24. The summed E-state index contributed by atoms with van der Waals surface area (Å²) in [7, 11) is 0. The lowest BCUT2D eigenvalue weighted by atomic mass is 9.93. The fourth-order valence-corrected chi connectivity index (χ4v) is 5.99. The molecule has 4 aromatic rings. The Balaban J connectivity index is 1.53. The highest BCUT2D eigenvalue weighted by Crippen LogP contribution is 2.39. The molecule has 0 bridgehead atoms. The van der Waals surface area contributed by atoms with E-state index in [1.807, 2.05) is 54.6 Å². The number of nitrogens with zero attached hydrogens (tertiary/aromatic N) is 5. The van der Waals surface area contributed by atoms with Gasteiger partial charge in [0, 0.05) is 5.41 Å². The molecule has 2 aromatic carbocycles. The Hall–Kier alpha value is -2.23. The monoisotopic (exact) mass is 487 g/mol. The minimum absolute atomic E-state index is 0.0331. The molecule has 0 aliphatic heterocycles. The van der Waals surface area contributed by atoms with Gasteiger partial charge in [-0.15, -0.1) is 5.10 Å². The predicted octanol–water partition coefficient (Wildman–Crippen LogP) is 6.12. The van der Waals surface area contributed by atoms with E-state index in [-0.39, 0.29) is 5.41 Å². The lowest BCUT2D eigenvalue weighted by Gasteiger charge is -2.15. The number of ether oxygens (including phenoxy) is 1. The minimum atomic E-state index is -0.0331. The summed E-state index contributed by atoms with van der Waals surface area (Å²) in [6.45, 7) is 6.43. The Morgan fingerprint density at radius 1 is 1.00 bits per heavy atom. The summed E-state index contributed by atoms with van der Waals surface area (Å²) in [5.41, 5.74) is 1.85. The third-order valence-corrected chi connectivity index (χ3v) is 6.66. The normalized spacial score (nSPS) is 11.6. The molecule has 0 saturated carbocycles. The first kappa shape index (κ1) is 20.1. The van der Waals surface area contributed by atoms with Crippen LogP contribution in [0, 0.1) is 0 Å². The van der Waals surface area contributed by atoms with Crippen molar-refractivity contribution in [3.05, 3.63) is 64.1 Å². The van der Waals surface area contributed by atoms with Gasteiger partial charge in [0.15, 0.2) is 4.34 Å². The van der Waals surface area contributed by atoms with Crippen LogP contribution < -0.4 is 4.74 Å². The molecule has 0 aliphatic rings. The molecule has 0 atom stereocenters. The van der Waals surface area contributed by atoms with Crippen molar-refractivity contribution < 1.29 is 4.74 Å². The molecule has 6 nitrogen and oxygen atoms in total. The van der Waals surface area contributed by atoms with E-state index >= 15 is 0 Å². The molecule has 2 aromatic heterocycles. The molecule has 0 N–H and O–H groups in total. The van der Waals surface area contributed by atoms with Gasteiger partial charge in [-0.25, -0.2) is 4.98 Å². The van der Waals surface area contributed by atoms with Gasteiger partial charge < -0.3 is 4.74 Å². The predicted molar refractivity (Wildman–Crippen MR) is 118 cm³/mol. The van der Waals surface area contributed by atoms with Gasteiger partial charge in [-0.05, 0) is 74.5 Å². The smallest absolute Gasteiger partial charge is 0.221 e. The van der Waals surface area contributed by atoms with Crippen molar-refractivity contribution in [3.63, 3.8) is 0 Å². The molecule has 148 valence electrons. The van der Waals surface area contributed by atoms with Gasteiger partial charge >= 0.3 is 0 Å². The van der Waals surface area contributed by atoms with Gasteiger partial charge in [-0.3, -0.25) is 0 Å². The summed E-state index contributed by atoms with van der Waals surface area (Å²) in [5.74, 6) is 1.55. The Morgan fingerprint density at radius 3 is 2.34 bits per heavy atom. The first-order chi connectivity index (χ1) is 13.9. The van der Waals surface area contributed by atoms with Crippen LogP contribution in [0.4, 0.5) is 0 Å². The fourth-order valence-electron chi connectivity index (χ4n) is 2.55. The molecule has 0 amide bonds. The van der Waals surface area contributed by atoms with E-state index in [0.29, 0.717) is 5.16 Å². The molecule has 9 heteroatoms. The zero-order chi connectivity index (χ0) is 20.4. The van der Waals surface area contributed by atoms with Crippen LogP contribution in [0.3, 0.4) is 0 Å². The summed E-state index contributed by atoms with van der Waals surface area (Å²) >= 11 is 6.66. The topological polar surface area (TPSA) is 65.7 Å². The molecule has 4 rings (SSSR count). The van der Waals surface area contributed by atoms with Gasteiger partial charge in [0.1, 0.15) is 11.5 Å². The van der Waals surface area contributed by atoms with Crippen molar-refractivity contribution >= 4 is 39.0 Å². The Bertz CT molecular complexity index is 1100. The van der Waals surface area contributed by atoms with Crippen LogP contribution in [0.1, 0.15) is 26.5 Å². The number of halogens is 1. The third kappa shape index (κ3) is 4.68. The van der Waals surface area contributed by atoms with Gasteiger partial charge in [0.2, 0.25) is 5.16 Å². The second-order valence-corrected chi connectivity index (χ2v) is 10.8. The molecule has 0 aliphatic carbocycles. The van der Waals surface area contributed by atoms with E-state index in [4.69, 9.17) is 9.72 Å². The van der Waals surface area contributed by atoms with Crippen molar-refractivity contribution in [1.82, 2.24) is 25.2 Å². The van der Waals surface area contributed by atoms with Crippen molar-refractivity contribution in [2.45, 2.75) is 35.7 Å². The van der Waals surface area contributed by atoms with Gasteiger partial charge in [0.25, 0.3) is 0 Å². The number of aromatic nitrogens is 5. The van der Waals surface area contributed by atoms with Crippen LogP contribution >= 0.6 is 39.0 Å². The van der Waals surface area contributed by atoms with E-state index in [1.165, 1.54) is 11.8 Å². The average molecular weight is 488 g/mol. The number of rotatable bonds is 5. The summed E-state index contributed by atoms with van der Waals surface area (Å²) in [5, 5.41) is 12.8. The molecule has 0 fully saturated rings. The van der Waals surface area contributed by atoms with Crippen molar-refractivity contribution in [1.29, 1.82) is 0 Å². The summed E-state index contributed by atoms with van der Waals surface area (Å²) in [6, 6.07) is 17.3. The summed E-state index contributed by atoms with van der Waals surface area (Å²) in [6.07, 6.45) is 0. The van der Waals surface area contributed by atoms with Crippen LogP contribution in [-0.2, 0) is 5.41 Å². The molecular formula is C20H18BrN5OS2. The highest BCUT2D eigenvalue weighted by atomic mass is 79.9. The number of tetrazole rings is 1. The third-order valence-electron chi connectivity index (χ3n) is 3.96. The maximum atomic E-state index is 5.84. The maximum Gasteiger partial charge on any atom is 0.221 e. The SMILES string of the molecule is CC(C)(C)c1nc(Sc2nnnn2-c2ccc(Oc3ccccc3)cc2)sc1Br. The van der Waals surface area contributed by atoms with Crippen LogP contribution in [0.2, 0.25) is 0 Å². The van der Waals surface area contributed by atoms with E-state index < -0.39 is 0 Å². The molecule has 0 spiro atoms. The van der Waals surface area contributed by atoms with E-state index in [1.54, 1.807) is 16.0 Å². The average Bonchev–Trinajstić information content (AvgIpc) is 3.30. The van der Waals surface area contributed by atoms with E-state index in [9.17, 15) is 0 Å². The van der Waals surface area contributed by atoms with Gasteiger partial charge in [-0.2, -0.15) is 4.68 Å². The standard InChI is InChI=1S/C20H18BrN5OS2/c1-20(2,3)16-17(21)28-19(22-16)29-18-23-24-25-26(18)13-9-11-15(12-10-13)27-14-7-5-4-6-8-14/h4-12H,1-3H3. The number of thiazole rings is 1. The zero-order valence-electron chi connectivity index (χ0n) is 16.0. The second kappa shape index (κ2) is 8.25. The van der Waals surface area contributed by atoms with Crippen LogP contribution in [0.25, 0.3) is 5.69 Å². The first-order valence-corrected chi connectivity index (χ1v) is 11.3. The molecule has 2 heterocycles. The molecular weight excluding hydrogens is 470 g/mol. The quantitative estimate of drug-likeness (QED) is 0.337. The Labute approximate surface area is 185 Å². The maximum absolute atomic E-state index is 5.84. The zero-order valence-corrected chi connectivity index (χ0v) is 19.3. The highest BCUT2D eigenvalue weighted by molar-refractivity contribution is 9.11. The molecule has 29 heavy (non-hydrogen) atoms. The lowest BCUT2D eigenvalue weighted by Crippen LogP contribution is -2.12. The van der Waals surface area contributed by atoms with Gasteiger partial charge in [-0.1, -0.05) is 50.3 Å². The van der Waals surface area contributed by atoms with Crippen LogP contribution in [-0.4, -0.2) is 25.2 Å².